The Morgan fingerprint density at radius 1 is 1.19 bits per heavy atom. The predicted octanol–water partition coefficient (Wildman–Crippen LogP) is 3.56. The van der Waals surface area contributed by atoms with Gasteiger partial charge in [-0.2, -0.15) is 0 Å². The lowest BCUT2D eigenvalue weighted by molar-refractivity contribution is 0.386. The molecule has 2 heterocycles. The van der Waals surface area contributed by atoms with Gasteiger partial charge in [-0.3, -0.25) is 0 Å². The van der Waals surface area contributed by atoms with Gasteiger partial charge in [0.05, 0.1) is 19.2 Å². The van der Waals surface area contributed by atoms with Gasteiger partial charge in [0, 0.05) is 23.7 Å². The van der Waals surface area contributed by atoms with E-state index in [-0.39, 0.29) is 5.63 Å². The summed E-state index contributed by atoms with van der Waals surface area (Å²) in [5.74, 6) is 0.672. The smallest absolute Gasteiger partial charge is 0.341 e. The second-order valence-corrected chi connectivity index (χ2v) is 6.56. The number of para-hydroxylation sites is 1. The molecule has 2 aromatic carbocycles. The van der Waals surface area contributed by atoms with Crippen LogP contribution >= 0.6 is 12.2 Å². The Labute approximate surface area is 156 Å². The van der Waals surface area contributed by atoms with Gasteiger partial charge in [0.2, 0.25) is 0 Å². The van der Waals surface area contributed by atoms with E-state index in [4.69, 9.17) is 21.4 Å². The summed E-state index contributed by atoms with van der Waals surface area (Å²) in [6.07, 6.45) is 0.736. The van der Waals surface area contributed by atoms with E-state index >= 15 is 0 Å². The van der Waals surface area contributed by atoms with Gasteiger partial charge in [-0.1, -0.05) is 18.2 Å². The van der Waals surface area contributed by atoms with Gasteiger partial charge in [0.15, 0.2) is 5.11 Å². The Hall–Kier alpha value is -2.86. The molecule has 0 saturated carbocycles. The van der Waals surface area contributed by atoms with Crippen LogP contribution in [0.5, 0.6) is 5.75 Å². The molecule has 132 valence electrons. The number of anilines is 1. The third-order valence-electron chi connectivity index (χ3n) is 4.62. The van der Waals surface area contributed by atoms with Gasteiger partial charge < -0.3 is 19.4 Å². The number of nitrogens with one attached hydrogen (secondary N) is 1. The number of fused-ring (bicyclic) bond motifs is 3. The minimum absolute atomic E-state index is 0.312. The van der Waals surface area contributed by atoms with Gasteiger partial charge in [-0.15, -0.1) is 0 Å². The Bertz CT molecular complexity index is 1030. The Balaban J connectivity index is 1.63. The van der Waals surface area contributed by atoms with Crippen LogP contribution in [-0.2, 0) is 13.0 Å². The van der Waals surface area contributed by atoms with Crippen LogP contribution in [0.4, 0.5) is 5.69 Å². The Morgan fingerprint density at radius 2 is 2.00 bits per heavy atom. The molecule has 0 unspecified atom stereocenters. The van der Waals surface area contributed by atoms with Gasteiger partial charge in [-0.25, -0.2) is 4.79 Å². The van der Waals surface area contributed by atoms with Gasteiger partial charge in [-0.05, 0) is 48.5 Å². The maximum atomic E-state index is 12.5. The van der Waals surface area contributed by atoms with Crippen molar-refractivity contribution in [3.8, 4) is 5.75 Å². The quantitative estimate of drug-likeness (QED) is 0.553. The Morgan fingerprint density at radius 3 is 2.77 bits per heavy atom. The third-order valence-corrected chi connectivity index (χ3v) is 4.98. The summed E-state index contributed by atoms with van der Waals surface area (Å²) in [7, 11) is 1.59. The lowest BCUT2D eigenvalue weighted by Gasteiger charge is -2.30. The minimum Gasteiger partial charge on any atom is -0.497 e. The number of hydrogen-bond donors (Lipinski definition) is 1. The number of rotatable bonds is 2. The Kier molecular flexibility index (Phi) is 4.34. The minimum atomic E-state index is -0.312. The number of hydrogen-bond acceptors (Lipinski definition) is 4. The van der Waals surface area contributed by atoms with E-state index in [0.717, 1.165) is 29.6 Å². The maximum Gasteiger partial charge on any atom is 0.341 e. The molecule has 0 radical (unpaired) electrons. The number of nitrogens with zero attached hydrogens (tertiary/aromatic N) is 1. The van der Waals surface area contributed by atoms with E-state index in [0.29, 0.717) is 28.6 Å². The highest BCUT2D eigenvalue weighted by atomic mass is 32.1. The van der Waals surface area contributed by atoms with Crippen molar-refractivity contribution in [3.63, 3.8) is 0 Å². The van der Waals surface area contributed by atoms with Crippen LogP contribution in [0.15, 0.2) is 57.7 Å². The SMILES string of the molecule is COc1ccc2c3c(c(=O)oc2c1)CN(C(=S)Nc1ccccc1)CC3. The van der Waals surface area contributed by atoms with Crippen molar-refractivity contribution in [2.75, 3.05) is 19.0 Å². The van der Waals surface area contributed by atoms with Crippen LogP contribution in [0.2, 0.25) is 0 Å². The van der Waals surface area contributed by atoms with Crippen LogP contribution in [-0.4, -0.2) is 23.7 Å². The second-order valence-electron chi connectivity index (χ2n) is 6.18. The van der Waals surface area contributed by atoms with E-state index in [1.54, 1.807) is 13.2 Å². The molecular formula is C20H18N2O3S. The average molecular weight is 366 g/mol. The highest BCUT2D eigenvalue weighted by molar-refractivity contribution is 7.80. The van der Waals surface area contributed by atoms with Crippen LogP contribution in [0.3, 0.4) is 0 Å². The van der Waals surface area contributed by atoms with Crippen molar-refractivity contribution in [2.24, 2.45) is 0 Å². The molecule has 0 amide bonds. The summed E-state index contributed by atoms with van der Waals surface area (Å²) in [5.41, 5.74) is 2.89. The first kappa shape index (κ1) is 16.6. The third kappa shape index (κ3) is 3.04. The van der Waals surface area contributed by atoms with E-state index in [2.05, 4.69) is 5.32 Å². The fourth-order valence-electron chi connectivity index (χ4n) is 3.27. The highest BCUT2D eigenvalue weighted by Crippen LogP contribution is 2.28. The molecule has 0 aliphatic carbocycles. The standard InChI is InChI=1S/C20H18N2O3S/c1-24-14-7-8-16-15-9-10-22(12-17(15)19(23)25-18(16)11-14)20(26)21-13-5-3-2-4-6-13/h2-8,11H,9-10,12H2,1H3,(H,21,26). The maximum absolute atomic E-state index is 12.5. The second kappa shape index (κ2) is 6.80. The summed E-state index contributed by atoms with van der Waals surface area (Å²) in [4.78, 5) is 14.5. The topological polar surface area (TPSA) is 54.7 Å². The molecule has 1 aliphatic rings. The number of thiocarbonyl (C=S) groups is 1. The molecular weight excluding hydrogens is 348 g/mol. The van der Waals surface area contributed by atoms with Crippen molar-refractivity contribution < 1.29 is 9.15 Å². The molecule has 6 heteroatoms. The molecule has 1 N–H and O–H groups in total. The monoisotopic (exact) mass is 366 g/mol. The highest BCUT2D eigenvalue weighted by Gasteiger charge is 2.24. The van der Waals surface area contributed by atoms with E-state index in [9.17, 15) is 4.79 Å². The number of benzene rings is 2. The average Bonchev–Trinajstić information content (AvgIpc) is 2.68. The molecule has 1 aliphatic heterocycles. The summed E-state index contributed by atoms with van der Waals surface area (Å²) in [6, 6.07) is 15.4. The van der Waals surface area contributed by atoms with Gasteiger partial charge in [0.25, 0.3) is 0 Å². The van der Waals surface area contributed by atoms with Crippen molar-refractivity contribution in [1.29, 1.82) is 0 Å². The molecule has 0 saturated heterocycles. The van der Waals surface area contributed by atoms with Crippen LogP contribution < -0.4 is 15.7 Å². The summed E-state index contributed by atoms with van der Waals surface area (Å²) >= 11 is 5.52. The zero-order chi connectivity index (χ0) is 18.1. The molecule has 0 spiro atoms. The van der Waals surface area contributed by atoms with Crippen LogP contribution in [0, 0.1) is 0 Å². The first-order chi connectivity index (χ1) is 12.7. The zero-order valence-electron chi connectivity index (χ0n) is 14.3. The number of ether oxygens (including phenoxy) is 1. The van der Waals surface area contributed by atoms with E-state index in [1.165, 1.54) is 0 Å². The van der Waals surface area contributed by atoms with Gasteiger partial charge >= 0.3 is 5.63 Å². The van der Waals surface area contributed by atoms with Crippen LogP contribution in [0.1, 0.15) is 11.1 Å². The molecule has 4 rings (SSSR count). The summed E-state index contributed by atoms with van der Waals surface area (Å²) in [6.45, 7) is 1.19. The lowest BCUT2D eigenvalue weighted by Crippen LogP contribution is -2.40. The lowest BCUT2D eigenvalue weighted by atomic mass is 9.97. The molecule has 26 heavy (non-hydrogen) atoms. The zero-order valence-corrected chi connectivity index (χ0v) is 15.1. The molecule has 3 aromatic rings. The normalized spacial score (nSPS) is 13.3. The summed E-state index contributed by atoms with van der Waals surface area (Å²) in [5, 5.41) is 4.79. The van der Waals surface area contributed by atoms with Gasteiger partial charge in [0.1, 0.15) is 11.3 Å². The van der Waals surface area contributed by atoms with Crippen LogP contribution in [0.25, 0.3) is 11.0 Å². The fraction of sp³-hybridized carbons (Fsp3) is 0.200. The largest absolute Gasteiger partial charge is 0.497 e. The summed E-state index contributed by atoms with van der Waals surface area (Å²) < 4.78 is 10.7. The first-order valence-corrected chi connectivity index (χ1v) is 8.80. The predicted molar refractivity (Wildman–Crippen MR) is 106 cm³/mol. The molecule has 0 atom stereocenters. The first-order valence-electron chi connectivity index (χ1n) is 8.39. The van der Waals surface area contributed by atoms with Crippen molar-refractivity contribution >= 4 is 34.0 Å². The molecule has 1 aromatic heterocycles. The van der Waals surface area contributed by atoms with E-state index in [1.807, 2.05) is 47.4 Å². The van der Waals surface area contributed by atoms with Crippen molar-refractivity contribution in [2.45, 2.75) is 13.0 Å². The van der Waals surface area contributed by atoms with Crippen molar-refractivity contribution in [3.05, 3.63) is 70.1 Å². The van der Waals surface area contributed by atoms with Crippen molar-refractivity contribution in [1.82, 2.24) is 4.90 Å². The van der Waals surface area contributed by atoms with E-state index < -0.39 is 0 Å². The molecule has 0 fully saturated rings. The number of methoxy groups -OCH3 is 1. The fourth-order valence-corrected chi connectivity index (χ4v) is 3.54. The molecule has 0 bridgehead atoms. The molecule has 5 nitrogen and oxygen atoms in total.